The summed E-state index contributed by atoms with van der Waals surface area (Å²) in [4.78, 5) is 15.3. The van der Waals surface area contributed by atoms with Gasteiger partial charge in [0.25, 0.3) is 0 Å². The van der Waals surface area contributed by atoms with Crippen LogP contribution in [0.5, 0.6) is 0 Å². The van der Waals surface area contributed by atoms with E-state index in [2.05, 4.69) is 28.6 Å². The number of rotatable bonds is 1. The number of carbonyl (C=O) groups is 1. The number of H-pyrrole nitrogens is 1. The van der Waals surface area contributed by atoms with Gasteiger partial charge in [-0.2, -0.15) is 0 Å². The molecule has 20 heavy (non-hydrogen) atoms. The Morgan fingerprint density at radius 3 is 3.00 bits per heavy atom. The highest BCUT2D eigenvalue weighted by Gasteiger charge is 2.50. The van der Waals surface area contributed by atoms with Gasteiger partial charge in [-0.25, -0.2) is 4.79 Å². The maximum Gasteiger partial charge on any atom is 0.334 e. The van der Waals surface area contributed by atoms with E-state index in [1.807, 2.05) is 26.1 Å². The lowest BCUT2D eigenvalue weighted by Crippen LogP contribution is -2.50. The van der Waals surface area contributed by atoms with Crippen LogP contribution < -0.4 is 5.32 Å². The Morgan fingerprint density at radius 2 is 2.30 bits per heavy atom. The summed E-state index contributed by atoms with van der Waals surface area (Å²) in [6.07, 6.45) is 4.87. The Balaban J connectivity index is 2.06. The third kappa shape index (κ3) is 1.27. The Kier molecular flexibility index (Phi) is 2.19. The second-order valence-corrected chi connectivity index (χ2v) is 5.60. The van der Waals surface area contributed by atoms with Crippen molar-refractivity contribution in [2.45, 2.75) is 25.0 Å². The van der Waals surface area contributed by atoms with Crippen LogP contribution >= 0.6 is 0 Å². The summed E-state index contributed by atoms with van der Waals surface area (Å²) in [5.74, 6) is -0.221. The molecule has 4 rings (SSSR count). The molecule has 2 N–H and O–H groups in total. The lowest BCUT2D eigenvalue weighted by Gasteiger charge is -2.39. The average molecular weight is 268 g/mol. The maximum atomic E-state index is 12.0. The van der Waals surface area contributed by atoms with Crippen LogP contribution in [0.25, 0.3) is 10.9 Å². The molecule has 2 aromatic rings. The van der Waals surface area contributed by atoms with Crippen LogP contribution in [0.2, 0.25) is 0 Å². The van der Waals surface area contributed by atoms with E-state index in [0.29, 0.717) is 5.57 Å². The fourth-order valence-electron chi connectivity index (χ4n) is 3.57. The molecule has 2 unspecified atom stereocenters. The van der Waals surface area contributed by atoms with E-state index < -0.39 is 5.60 Å². The standard InChI is InChI=1S/C16H16N2O2/c1-9-7-16(20-15(9)19)11-4-3-5-12-14(11)10(8-18-12)6-13(16)17-2/h3-5,7-8,13,17-18H,6H2,1-2H3. The van der Waals surface area contributed by atoms with E-state index in [1.54, 1.807) is 0 Å². The van der Waals surface area contributed by atoms with Gasteiger partial charge in [-0.1, -0.05) is 12.1 Å². The van der Waals surface area contributed by atoms with Crippen LogP contribution in [0, 0.1) is 0 Å². The molecule has 2 aliphatic rings. The van der Waals surface area contributed by atoms with Crippen molar-refractivity contribution in [3.05, 3.63) is 47.2 Å². The van der Waals surface area contributed by atoms with E-state index in [9.17, 15) is 4.79 Å². The number of fused-ring (bicyclic) bond motifs is 1. The smallest absolute Gasteiger partial charge is 0.334 e. The van der Waals surface area contributed by atoms with Gasteiger partial charge in [-0.05, 0) is 38.1 Å². The second-order valence-electron chi connectivity index (χ2n) is 5.60. The Hall–Kier alpha value is -2.07. The third-order valence-electron chi connectivity index (χ3n) is 4.51. The molecule has 102 valence electrons. The van der Waals surface area contributed by atoms with Gasteiger partial charge < -0.3 is 15.0 Å². The number of esters is 1. The number of hydrogen-bond donors (Lipinski definition) is 2. The van der Waals surface area contributed by atoms with Gasteiger partial charge in [0.15, 0.2) is 5.60 Å². The summed E-state index contributed by atoms with van der Waals surface area (Å²) in [5.41, 5.74) is 3.45. The highest BCUT2D eigenvalue weighted by molar-refractivity contribution is 5.95. The SMILES string of the molecule is CNC1Cc2c[nH]c3cccc(c23)C12C=C(C)C(=O)O2. The monoisotopic (exact) mass is 268 g/mol. The molecule has 1 aliphatic carbocycles. The minimum Gasteiger partial charge on any atom is -0.445 e. The molecule has 1 aromatic carbocycles. The number of benzene rings is 1. The van der Waals surface area contributed by atoms with Gasteiger partial charge in [0.2, 0.25) is 0 Å². The lowest BCUT2D eigenvalue weighted by atomic mass is 9.76. The highest BCUT2D eigenvalue weighted by atomic mass is 16.6. The number of carbonyl (C=O) groups excluding carboxylic acids is 1. The Morgan fingerprint density at radius 1 is 1.45 bits per heavy atom. The molecule has 0 saturated heterocycles. The van der Waals surface area contributed by atoms with Gasteiger partial charge in [-0.15, -0.1) is 0 Å². The van der Waals surface area contributed by atoms with E-state index >= 15 is 0 Å². The number of nitrogens with one attached hydrogen (secondary N) is 2. The summed E-state index contributed by atoms with van der Waals surface area (Å²) in [6.45, 7) is 1.82. The molecular weight excluding hydrogens is 252 g/mol. The molecule has 0 bridgehead atoms. The van der Waals surface area contributed by atoms with Crippen LogP contribution in [0.3, 0.4) is 0 Å². The number of hydrogen-bond acceptors (Lipinski definition) is 3. The van der Waals surface area contributed by atoms with Gasteiger partial charge in [0, 0.05) is 28.2 Å². The summed E-state index contributed by atoms with van der Waals surface area (Å²) in [6, 6.07) is 6.18. The summed E-state index contributed by atoms with van der Waals surface area (Å²) < 4.78 is 5.81. The zero-order chi connectivity index (χ0) is 13.9. The van der Waals surface area contributed by atoms with E-state index in [4.69, 9.17) is 4.74 Å². The molecule has 4 heteroatoms. The molecule has 0 fully saturated rings. The van der Waals surface area contributed by atoms with Gasteiger partial charge in [-0.3, -0.25) is 0 Å². The van der Waals surface area contributed by atoms with Crippen LogP contribution in [0.1, 0.15) is 18.1 Å². The van der Waals surface area contributed by atoms with Crippen LogP contribution in [0.15, 0.2) is 36.0 Å². The fourth-order valence-corrected chi connectivity index (χ4v) is 3.57. The molecule has 1 spiro atoms. The van der Waals surface area contributed by atoms with Crippen molar-refractivity contribution in [2.75, 3.05) is 7.05 Å². The number of aromatic amines is 1. The van der Waals surface area contributed by atoms with Crippen molar-refractivity contribution in [3.8, 4) is 0 Å². The third-order valence-corrected chi connectivity index (χ3v) is 4.51. The van der Waals surface area contributed by atoms with Crippen molar-refractivity contribution in [1.29, 1.82) is 0 Å². The lowest BCUT2D eigenvalue weighted by molar-refractivity contribution is -0.149. The minimum absolute atomic E-state index is 0.0535. The highest BCUT2D eigenvalue weighted by Crippen LogP contribution is 2.46. The quantitative estimate of drug-likeness (QED) is 0.778. The van der Waals surface area contributed by atoms with Gasteiger partial charge in [0.1, 0.15) is 0 Å². The fraction of sp³-hybridized carbons (Fsp3) is 0.312. The Labute approximate surface area is 116 Å². The van der Waals surface area contributed by atoms with Gasteiger partial charge in [0.05, 0.1) is 6.04 Å². The number of ether oxygens (including phenoxy) is 1. The normalized spacial score (nSPS) is 28.0. The molecule has 0 saturated carbocycles. The molecular formula is C16H16N2O2. The maximum absolute atomic E-state index is 12.0. The van der Waals surface area contributed by atoms with Crippen molar-refractivity contribution < 1.29 is 9.53 Å². The summed E-state index contributed by atoms with van der Waals surface area (Å²) in [5, 5.41) is 4.51. The minimum atomic E-state index is -0.676. The predicted molar refractivity (Wildman–Crippen MR) is 76.4 cm³/mol. The molecule has 4 nitrogen and oxygen atoms in total. The van der Waals surface area contributed by atoms with E-state index in [1.165, 1.54) is 10.9 Å². The van der Waals surface area contributed by atoms with Crippen molar-refractivity contribution in [3.63, 3.8) is 0 Å². The molecule has 2 heterocycles. The predicted octanol–water partition coefficient (Wildman–Crippen LogP) is 2.01. The Bertz CT molecular complexity index is 759. The van der Waals surface area contributed by atoms with E-state index in [0.717, 1.165) is 17.5 Å². The van der Waals surface area contributed by atoms with Crippen molar-refractivity contribution in [2.24, 2.45) is 0 Å². The molecule has 1 aromatic heterocycles. The zero-order valence-corrected chi connectivity index (χ0v) is 11.5. The topological polar surface area (TPSA) is 54.1 Å². The zero-order valence-electron chi connectivity index (χ0n) is 11.5. The average Bonchev–Trinajstić information content (AvgIpc) is 2.98. The summed E-state index contributed by atoms with van der Waals surface area (Å²) >= 11 is 0. The van der Waals surface area contributed by atoms with Crippen LogP contribution in [-0.2, 0) is 21.6 Å². The first-order chi connectivity index (χ1) is 9.65. The van der Waals surface area contributed by atoms with E-state index in [-0.39, 0.29) is 12.0 Å². The van der Waals surface area contributed by atoms with Crippen LogP contribution in [-0.4, -0.2) is 24.0 Å². The van der Waals surface area contributed by atoms with Gasteiger partial charge >= 0.3 is 5.97 Å². The van der Waals surface area contributed by atoms with Crippen molar-refractivity contribution in [1.82, 2.24) is 10.3 Å². The number of aromatic nitrogens is 1. The largest absolute Gasteiger partial charge is 0.445 e. The second kappa shape index (κ2) is 3.73. The molecule has 0 amide bonds. The molecule has 2 atom stereocenters. The molecule has 0 radical (unpaired) electrons. The summed E-state index contributed by atoms with van der Waals surface area (Å²) in [7, 11) is 1.92. The number of likely N-dealkylation sites (N-methyl/N-ethyl adjacent to an activating group) is 1. The van der Waals surface area contributed by atoms with Crippen molar-refractivity contribution >= 4 is 16.9 Å². The first kappa shape index (κ1) is 11.7. The first-order valence-corrected chi connectivity index (χ1v) is 6.85. The first-order valence-electron chi connectivity index (χ1n) is 6.85. The molecule has 1 aliphatic heterocycles. The van der Waals surface area contributed by atoms with Crippen LogP contribution in [0.4, 0.5) is 0 Å².